The Hall–Kier alpha value is -3.18. The number of fused-ring (bicyclic) bond motifs is 3. The van der Waals surface area contributed by atoms with Gasteiger partial charge in [-0.25, -0.2) is 4.79 Å². The molecule has 0 aromatic rings. The van der Waals surface area contributed by atoms with Crippen molar-refractivity contribution in [2.45, 2.75) is 200 Å². The number of aliphatic hydroxyl groups is 2. The van der Waals surface area contributed by atoms with Gasteiger partial charge in [-0.05, 0) is 113 Å². The fourth-order valence-electron chi connectivity index (χ4n) is 10.9. The number of ketones is 3. The van der Waals surface area contributed by atoms with E-state index in [0.717, 1.165) is 18.4 Å². The molecule has 2 saturated heterocycles. The van der Waals surface area contributed by atoms with Crippen molar-refractivity contribution in [1.82, 2.24) is 4.90 Å². The van der Waals surface area contributed by atoms with Crippen molar-refractivity contribution in [1.29, 1.82) is 0 Å². The van der Waals surface area contributed by atoms with Crippen LogP contribution < -0.4 is 0 Å². The number of carbonyl (C=O) groups excluding carboxylic acids is 5. The number of hydrogen-bond donors (Lipinski definition) is 2. The maximum atomic E-state index is 14.6. The molecule has 0 aromatic heterocycles. The Kier molecular flexibility index (Phi) is 25.1. The molecule has 16 atom stereocenters. The second-order valence-electron chi connectivity index (χ2n) is 21.6. The van der Waals surface area contributed by atoms with E-state index in [4.69, 9.17) is 32.7 Å². The standard InChI is InChI=1S/C56H90NO15P/c1-13-14-28-69-73(12,65)72-46-26-24-42(32-49(46)67-10)31-38(5)48-34-45(58)37(4)30-40(7)51(60)52(68-11)50(59)39(6)29-35(2)20-16-15-17-21-36(3)47(66-9)33-43-25-23-41(8)56(64,71-43)53(61)54(62)57-27-19-18-22-44(57)55(63)70-48/h15-17,20-21,30,35,37-39,41-44,46-49,51-52,60,64H,13-14,18-19,22-29,31-34H2,1-12H3/b17-15+,20-16+,36-21+,40-30+/t35-,37-,38-,39-,41-,42?,43+,44?,46-,47+,48?,49-,51-,52+,56-,73?/m1/s1. The third-order valence-electron chi connectivity index (χ3n) is 15.6. The zero-order valence-corrected chi connectivity index (χ0v) is 46.9. The van der Waals surface area contributed by atoms with E-state index in [-0.39, 0.29) is 42.8 Å². The first-order valence-corrected chi connectivity index (χ1v) is 28.9. The number of Topliss-reactive ketones (excluding diaryl/α,β-unsaturated/α-hetero) is 3. The number of rotatable bonds is 12. The predicted octanol–water partition coefficient (Wildman–Crippen LogP) is 8.84. The monoisotopic (exact) mass is 1050 g/mol. The van der Waals surface area contributed by atoms with Gasteiger partial charge >= 0.3 is 13.6 Å². The van der Waals surface area contributed by atoms with Gasteiger partial charge in [0.25, 0.3) is 11.7 Å². The Morgan fingerprint density at radius 2 is 1.60 bits per heavy atom. The van der Waals surface area contributed by atoms with Crippen LogP contribution in [-0.2, 0) is 61.3 Å². The molecular formula is C56H90NO15P. The molecule has 4 aliphatic rings. The number of esters is 1. The fraction of sp³-hybridized carbons (Fsp3) is 0.768. The van der Waals surface area contributed by atoms with E-state index in [1.807, 2.05) is 65.0 Å². The maximum absolute atomic E-state index is 14.6. The number of ether oxygens (including phenoxy) is 5. The summed E-state index contributed by atoms with van der Waals surface area (Å²) in [5, 5.41) is 23.5. The molecule has 414 valence electrons. The lowest BCUT2D eigenvalue weighted by molar-refractivity contribution is -0.265. The first kappa shape index (κ1) is 62.4. The van der Waals surface area contributed by atoms with Crippen molar-refractivity contribution >= 4 is 36.8 Å². The lowest BCUT2D eigenvalue weighted by Crippen LogP contribution is -2.61. The van der Waals surface area contributed by atoms with E-state index in [0.29, 0.717) is 76.4 Å². The van der Waals surface area contributed by atoms with Crippen LogP contribution in [0.5, 0.6) is 0 Å². The summed E-state index contributed by atoms with van der Waals surface area (Å²) in [6.07, 6.45) is 12.5. The average molecular weight is 1050 g/mol. The van der Waals surface area contributed by atoms with E-state index in [2.05, 4.69) is 0 Å². The highest BCUT2D eigenvalue weighted by molar-refractivity contribution is 7.53. The van der Waals surface area contributed by atoms with Gasteiger partial charge in [-0.2, -0.15) is 0 Å². The summed E-state index contributed by atoms with van der Waals surface area (Å²) in [5.41, 5.74) is 1.25. The normalized spacial score (nSPS) is 38.2. The number of cyclic esters (lactones) is 1. The van der Waals surface area contributed by atoms with Crippen molar-refractivity contribution in [3.05, 3.63) is 47.6 Å². The van der Waals surface area contributed by atoms with Gasteiger partial charge in [-0.1, -0.05) is 84.4 Å². The molecule has 17 heteroatoms. The Morgan fingerprint density at radius 3 is 2.27 bits per heavy atom. The molecule has 3 heterocycles. The Labute approximate surface area is 435 Å². The molecule has 2 bridgehead atoms. The predicted molar refractivity (Wildman–Crippen MR) is 278 cm³/mol. The van der Waals surface area contributed by atoms with Gasteiger partial charge in [-0.15, -0.1) is 0 Å². The van der Waals surface area contributed by atoms with Crippen molar-refractivity contribution in [3.63, 3.8) is 0 Å². The SMILES string of the molecule is CCCCOP(C)(=O)O[C@@H]1CCC(C[C@@H](C)C2CC(=O)[C@H](C)/C=C(\C)[C@@H](O)[C@@H](OC)C(=O)[C@H](C)C[C@H](C)/C=C/C=C/C=C(\C)[C@@H](OC)C[C@@H]3CC[C@@H](C)[C@@](O)(O3)C(=O)C(=O)N3CCCCC3C(=O)O2)C[C@H]1OC. The summed E-state index contributed by atoms with van der Waals surface area (Å²) in [4.78, 5) is 72.5. The number of methoxy groups -OCH3 is 3. The first-order valence-electron chi connectivity index (χ1n) is 26.9. The quantitative estimate of drug-likeness (QED) is 0.0615. The number of amides is 1. The summed E-state index contributed by atoms with van der Waals surface area (Å²) < 4.78 is 54.7. The minimum atomic E-state index is -3.35. The number of carbonyl (C=O) groups is 5. The topological polar surface area (TPSA) is 211 Å². The van der Waals surface area contributed by atoms with Gasteiger partial charge in [-0.3, -0.25) is 23.7 Å². The van der Waals surface area contributed by atoms with E-state index in [1.54, 1.807) is 41.1 Å². The van der Waals surface area contributed by atoms with Crippen LogP contribution in [-0.4, -0.2) is 140 Å². The van der Waals surface area contributed by atoms with Crippen LogP contribution in [0.15, 0.2) is 47.6 Å². The van der Waals surface area contributed by atoms with Crippen molar-refractivity contribution < 1.29 is 71.5 Å². The molecule has 1 amide bonds. The molecule has 1 aliphatic carbocycles. The lowest BCUT2D eigenvalue weighted by atomic mass is 9.78. The molecule has 1 saturated carbocycles. The van der Waals surface area contributed by atoms with Gasteiger partial charge in [0, 0.05) is 65.1 Å². The van der Waals surface area contributed by atoms with Crippen LogP contribution >= 0.6 is 7.60 Å². The van der Waals surface area contributed by atoms with E-state index in [9.17, 15) is 38.8 Å². The van der Waals surface area contributed by atoms with E-state index < -0.39 is 103 Å². The molecule has 4 rings (SSSR count). The van der Waals surface area contributed by atoms with Crippen LogP contribution in [0.2, 0.25) is 0 Å². The maximum Gasteiger partial charge on any atom is 0.329 e. The molecule has 2 N–H and O–H groups in total. The number of hydrogen-bond acceptors (Lipinski definition) is 15. The number of allylic oxidation sites excluding steroid dienone is 6. The number of unbranched alkanes of at least 4 members (excludes halogenated alkanes) is 1. The van der Waals surface area contributed by atoms with Crippen molar-refractivity contribution in [2.75, 3.05) is 41.1 Å². The van der Waals surface area contributed by atoms with Crippen LogP contribution in [0, 0.1) is 35.5 Å². The molecule has 3 aliphatic heterocycles. The highest BCUT2D eigenvalue weighted by atomic mass is 31.2. The summed E-state index contributed by atoms with van der Waals surface area (Å²) in [7, 11) is 1.19. The zero-order chi connectivity index (χ0) is 54.2. The van der Waals surface area contributed by atoms with E-state index >= 15 is 0 Å². The van der Waals surface area contributed by atoms with Crippen LogP contribution in [0.4, 0.5) is 0 Å². The van der Waals surface area contributed by atoms with Crippen LogP contribution in [0.1, 0.15) is 145 Å². The molecule has 0 aromatic carbocycles. The van der Waals surface area contributed by atoms with Gasteiger partial charge in [0.05, 0.1) is 31.0 Å². The third-order valence-corrected chi connectivity index (χ3v) is 16.9. The minimum Gasteiger partial charge on any atom is -0.460 e. The molecule has 16 nitrogen and oxygen atoms in total. The highest BCUT2D eigenvalue weighted by Crippen LogP contribution is 2.49. The smallest absolute Gasteiger partial charge is 0.329 e. The largest absolute Gasteiger partial charge is 0.460 e. The van der Waals surface area contributed by atoms with E-state index in [1.165, 1.54) is 18.7 Å². The lowest BCUT2D eigenvalue weighted by Gasteiger charge is -2.42. The second kappa shape index (κ2) is 29.4. The van der Waals surface area contributed by atoms with Gasteiger partial charge in [0.2, 0.25) is 5.79 Å². The van der Waals surface area contributed by atoms with Gasteiger partial charge in [0.15, 0.2) is 5.78 Å². The number of piperidine rings is 1. The molecule has 4 unspecified atom stereocenters. The molecule has 73 heavy (non-hydrogen) atoms. The summed E-state index contributed by atoms with van der Waals surface area (Å²) in [6, 6.07) is -1.17. The first-order chi connectivity index (χ1) is 34.5. The Bertz CT molecular complexity index is 2020. The van der Waals surface area contributed by atoms with Crippen molar-refractivity contribution in [3.8, 4) is 0 Å². The number of nitrogens with zero attached hydrogens (tertiary/aromatic N) is 1. The average Bonchev–Trinajstić information content (AvgIpc) is 3.35. The van der Waals surface area contributed by atoms with Gasteiger partial charge in [0.1, 0.15) is 30.1 Å². The van der Waals surface area contributed by atoms with Gasteiger partial charge < -0.3 is 47.8 Å². The molecule has 3 fully saturated rings. The molecule has 0 spiro atoms. The van der Waals surface area contributed by atoms with Crippen LogP contribution in [0.3, 0.4) is 0 Å². The summed E-state index contributed by atoms with van der Waals surface area (Å²) >= 11 is 0. The zero-order valence-electron chi connectivity index (χ0n) is 46.0. The Morgan fingerprint density at radius 1 is 0.877 bits per heavy atom. The molecule has 0 radical (unpaired) electrons. The molecular weight excluding hydrogens is 958 g/mol. The van der Waals surface area contributed by atoms with Crippen LogP contribution in [0.25, 0.3) is 0 Å². The summed E-state index contributed by atoms with van der Waals surface area (Å²) in [5.74, 6) is -8.25. The summed E-state index contributed by atoms with van der Waals surface area (Å²) in [6.45, 7) is 16.5. The fourth-order valence-corrected chi connectivity index (χ4v) is 12.1. The third kappa shape index (κ3) is 17.7. The Balaban J connectivity index is 1.68. The second-order valence-corrected chi connectivity index (χ2v) is 23.6. The highest BCUT2D eigenvalue weighted by Gasteiger charge is 2.53. The number of aliphatic hydroxyl groups excluding tert-OH is 1. The minimum absolute atomic E-state index is 0.00627. The van der Waals surface area contributed by atoms with Crippen molar-refractivity contribution in [2.24, 2.45) is 35.5 Å².